The largest absolute Gasteiger partial charge is 0.481 e. The monoisotopic (exact) mass is 241 g/mol. The van der Waals surface area contributed by atoms with Crippen LogP contribution < -0.4 is 5.32 Å². The number of hydrogen-bond donors (Lipinski definition) is 2. The number of carbonyl (C=O) groups is 1. The lowest BCUT2D eigenvalue weighted by atomic mass is 9.87. The van der Waals surface area contributed by atoms with Crippen molar-refractivity contribution < 1.29 is 9.90 Å². The first-order valence-electron chi connectivity index (χ1n) is 7.03. The molecule has 0 aromatic carbocycles. The molecule has 0 bridgehead atoms. The number of hydrogen-bond acceptors (Lipinski definition) is 2. The zero-order chi connectivity index (χ0) is 12.7. The fraction of sp³-hybridized carbons (Fsp3) is 0.929. The van der Waals surface area contributed by atoms with Crippen LogP contribution >= 0.6 is 0 Å². The second kappa shape index (κ2) is 7.70. The lowest BCUT2D eigenvalue weighted by molar-refractivity contribution is -0.137. The molecule has 1 aliphatic carbocycles. The molecule has 0 spiro atoms. The van der Waals surface area contributed by atoms with Crippen molar-refractivity contribution >= 4 is 5.97 Å². The summed E-state index contributed by atoms with van der Waals surface area (Å²) in [6.45, 7) is 5.53. The summed E-state index contributed by atoms with van der Waals surface area (Å²) in [4.78, 5) is 10.4. The topological polar surface area (TPSA) is 49.3 Å². The quantitative estimate of drug-likeness (QED) is 0.720. The van der Waals surface area contributed by atoms with Crippen LogP contribution in [0.3, 0.4) is 0 Å². The molecule has 1 saturated carbocycles. The highest BCUT2D eigenvalue weighted by Crippen LogP contribution is 2.23. The Morgan fingerprint density at radius 2 is 1.94 bits per heavy atom. The first-order valence-corrected chi connectivity index (χ1v) is 7.03. The van der Waals surface area contributed by atoms with E-state index in [1.807, 2.05) is 0 Å². The summed E-state index contributed by atoms with van der Waals surface area (Å²) in [6.07, 6.45) is 7.54. The maximum absolute atomic E-state index is 10.4. The summed E-state index contributed by atoms with van der Waals surface area (Å²) in [5, 5.41) is 12.2. The Hall–Kier alpha value is -0.570. The molecule has 3 heteroatoms. The number of aliphatic carboxylic acids is 1. The minimum absolute atomic E-state index is 0.308. The summed E-state index contributed by atoms with van der Waals surface area (Å²) in [5.74, 6) is 0.745. The minimum atomic E-state index is -0.675. The fourth-order valence-electron chi connectivity index (χ4n) is 2.51. The molecule has 1 unspecified atom stereocenters. The summed E-state index contributed by atoms with van der Waals surface area (Å²) in [6, 6.07) is 0.706. The van der Waals surface area contributed by atoms with Gasteiger partial charge < -0.3 is 10.4 Å². The van der Waals surface area contributed by atoms with Gasteiger partial charge in [-0.25, -0.2) is 0 Å². The number of rotatable bonds is 7. The summed E-state index contributed by atoms with van der Waals surface area (Å²) < 4.78 is 0. The zero-order valence-corrected chi connectivity index (χ0v) is 11.2. The van der Waals surface area contributed by atoms with E-state index < -0.39 is 5.97 Å². The fourth-order valence-corrected chi connectivity index (χ4v) is 2.51. The third kappa shape index (κ3) is 6.67. The van der Waals surface area contributed by atoms with Gasteiger partial charge in [0.1, 0.15) is 0 Å². The van der Waals surface area contributed by atoms with Gasteiger partial charge in [0.25, 0.3) is 0 Å². The van der Waals surface area contributed by atoms with Crippen LogP contribution in [-0.2, 0) is 4.79 Å². The van der Waals surface area contributed by atoms with Crippen LogP contribution in [-0.4, -0.2) is 23.7 Å². The Balaban J connectivity index is 2.01. The summed E-state index contributed by atoms with van der Waals surface area (Å²) in [7, 11) is 0. The van der Waals surface area contributed by atoms with Gasteiger partial charge in [-0.3, -0.25) is 4.79 Å². The van der Waals surface area contributed by atoms with E-state index in [1.165, 1.54) is 25.7 Å². The van der Waals surface area contributed by atoms with Gasteiger partial charge in [-0.15, -0.1) is 0 Å². The Morgan fingerprint density at radius 3 is 2.53 bits per heavy atom. The van der Waals surface area contributed by atoms with E-state index >= 15 is 0 Å². The minimum Gasteiger partial charge on any atom is -0.481 e. The van der Waals surface area contributed by atoms with Crippen molar-refractivity contribution in [3.05, 3.63) is 0 Å². The second-order valence-electron chi connectivity index (χ2n) is 5.74. The van der Waals surface area contributed by atoms with E-state index in [4.69, 9.17) is 5.11 Å². The zero-order valence-electron chi connectivity index (χ0n) is 11.2. The predicted octanol–water partition coefficient (Wildman–Crippen LogP) is 3.05. The van der Waals surface area contributed by atoms with Gasteiger partial charge in [0.05, 0.1) is 0 Å². The Kier molecular flexibility index (Phi) is 6.56. The highest BCUT2D eigenvalue weighted by molar-refractivity contribution is 5.66. The maximum atomic E-state index is 10.4. The van der Waals surface area contributed by atoms with Crippen LogP contribution in [0.2, 0.25) is 0 Å². The van der Waals surface area contributed by atoms with Gasteiger partial charge in [0.2, 0.25) is 0 Å². The molecule has 1 fully saturated rings. The smallest absolute Gasteiger partial charge is 0.303 e. The van der Waals surface area contributed by atoms with Gasteiger partial charge in [0, 0.05) is 12.5 Å². The van der Waals surface area contributed by atoms with Crippen molar-refractivity contribution in [1.29, 1.82) is 0 Å². The van der Waals surface area contributed by atoms with E-state index in [0.717, 1.165) is 25.3 Å². The first kappa shape index (κ1) is 14.5. The lowest BCUT2D eigenvalue weighted by Crippen LogP contribution is -2.33. The third-order valence-corrected chi connectivity index (χ3v) is 3.94. The Bertz CT molecular complexity index is 222. The molecular formula is C14H27NO2. The van der Waals surface area contributed by atoms with Gasteiger partial charge in [0.15, 0.2) is 0 Å². The van der Waals surface area contributed by atoms with Gasteiger partial charge in [-0.2, -0.15) is 0 Å². The van der Waals surface area contributed by atoms with Crippen LogP contribution in [0.15, 0.2) is 0 Å². The van der Waals surface area contributed by atoms with Crippen LogP contribution in [0.25, 0.3) is 0 Å². The van der Waals surface area contributed by atoms with E-state index in [9.17, 15) is 4.79 Å². The van der Waals surface area contributed by atoms with Crippen LogP contribution in [0.4, 0.5) is 0 Å². The van der Waals surface area contributed by atoms with E-state index in [-0.39, 0.29) is 0 Å². The van der Waals surface area contributed by atoms with Crippen molar-refractivity contribution in [2.24, 2.45) is 11.8 Å². The number of carboxylic acid groups (broad SMARTS) is 1. The maximum Gasteiger partial charge on any atom is 0.303 e. The lowest BCUT2D eigenvalue weighted by Gasteiger charge is -2.27. The highest BCUT2D eigenvalue weighted by atomic mass is 16.4. The standard InChI is InChI=1S/C14H27NO2/c1-11-3-6-13(7-4-11)15-10-9-12(2)5-8-14(16)17/h11-13,15H,3-10H2,1-2H3,(H,16,17). The number of carboxylic acids is 1. The van der Waals surface area contributed by atoms with Crippen molar-refractivity contribution in [3.8, 4) is 0 Å². The molecule has 1 rings (SSSR count). The van der Waals surface area contributed by atoms with E-state index in [1.54, 1.807) is 0 Å². The van der Waals surface area contributed by atoms with Gasteiger partial charge in [-0.1, -0.05) is 13.8 Å². The predicted molar refractivity (Wildman–Crippen MR) is 70.1 cm³/mol. The average Bonchev–Trinajstić information content (AvgIpc) is 2.29. The molecule has 0 aromatic heterocycles. The molecule has 1 atom stereocenters. The average molecular weight is 241 g/mol. The SMILES string of the molecule is CC(CCNC1CCC(C)CC1)CCC(=O)O. The van der Waals surface area contributed by atoms with Crippen molar-refractivity contribution in [1.82, 2.24) is 5.32 Å². The molecule has 0 amide bonds. The molecule has 3 nitrogen and oxygen atoms in total. The van der Waals surface area contributed by atoms with E-state index in [2.05, 4.69) is 19.2 Å². The van der Waals surface area contributed by atoms with Crippen LogP contribution in [0.1, 0.15) is 58.8 Å². The van der Waals surface area contributed by atoms with E-state index in [0.29, 0.717) is 18.4 Å². The third-order valence-electron chi connectivity index (χ3n) is 3.94. The molecule has 100 valence electrons. The molecule has 17 heavy (non-hydrogen) atoms. The van der Waals surface area contributed by atoms with Crippen molar-refractivity contribution in [3.63, 3.8) is 0 Å². The Morgan fingerprint density at radius 1 is 1.29 bits per heavy atom. The molecule has 0 radical (unpaired) electrons. The molecule has 0 heterocycles. The first-order chi connectivity index (χ1) is 8.08. The Labute approximate surface area is 105 Å². The molecule has 0 saturated heterocycles. The summed E-state index contributed by atoms with van der Waals surface area (Å²) >= 11 is 0. The molecule has 1 aliphatic rings. The summed E-state index contributed by atoms with van der Waals surface area (Å²) in [5.41, 5.74) is 0. The van der Waals surface area contributed by atoms with Crippen molar-refractivity contribution in [2.45, 2.75) is 64.8 Å². The molecule has 2 N–H and O–H groups in total. The van der Waals surface area contributed by atoms with Crippen LogP contribution in [0.5, 0.6) is 0 Å². The number of nitrogens with one attached hydrogen (secondary N) is 1. The normalized spacial score (nSPS) is 26.7. The molecular weight excluding hydrogens is 214 g/mol. The molecule has 0 aliphatic heterocycles. The van der Waals surface area contributed by atoms with Gasteiger partial charge in [-0.05, 0) is 56.9 Å². The molecule has 0 aromatic rings. The highest BCUT2D eigenvalue weighted by Gasteiger charge is 2.17. The van der Waals surface area contributed by atoms with Gasteiger partial charge >= 0.3 is 5.97 Å². The van der Waals surface area contributed by atoms with Crippen LogP contribution in [0, 0.1) is 11.8 Å². The van der Waals surface area contributed by atoms with Crippen molar-refractivity contribution in [2.75, 3.05) is 6.54 Å². The second-order valence-corrected chi connectivity index (χ2v) is 5.74.